The van der Waals surface area contributed by atoms with Crippen LogP contribution in [0.3, 0.4) is 0 Å². The molecule has 1 fully saturated rings. The summed E-state index contributed by atoms with van der Waals surface area (Å²) in [6.45, 7) is 6.05. The van der Waals surface area contributed by atoms with Gasteiger partial charge < -0.3 is 9.26 Å². The van der Waals surface area contributed by atoms with E-state index >= 15 is 0 Å². The Labute approximate surface area is 137 Å². The maximum Gasteiger partial charge on any atom is 0.305 e. The predicted molar refractivity (Wildman–Crippen MR) is 83.3 cm³/mol. The molecule has 0 N–H and O–H groups in total. The molecule has 0 aromatic carbocycles. The maximum atomic E-state index is 12.9. The van der Waals surface area contributed by atoms with E-state index in [4.69, 9.17) is 9.26 Å². The van der Waals surface area contributed by atoms with Gasteiger partial charge in [0.25, 0.3) is 0 Å². The molecule has 2 atom stereocenters. The van der Waals surface area contributed by atoms with Gasteiger partial charge in [0.15, 0.2) is 5.76 Å². The Kier molecular flexibility index (Phi) is 5.46. The minimum absolute atomic E-state index is 0.137. The number of aryl methyl sites for hydroxylation is 2. The molecule has 1 aromatic rings. The molecule has 1 aliphatic rings. The molecule has 1 aliphatic heterocycles. The molecule has 1 aromatic heterocycles. The molecule has 0 radical (unpaired) electrons. The first kappa shape index (κ1) is 17.9. The van der Waals surface area contributed by atoms with Crippen LogP contribution in [0.4, 0.5) is 0 Å². The van der Waals surface area contributed by atoms with E-state index in [0.717, 1.165) is 6.42 Å². The summed E-state index contributed by atoms with van der Waals surface area (Å²) in [6.07, 6.45) is 1.81. The minimum Gasteiger partial charge on any atom is -0.469 e. The van der Waals surface area contributed by atoms with Gasteiger partial charge in [-0.3, -0.25) is 4.79 Å². The molecule has 130 valence electrons. The van der Waals surface area contributed by atoms with Crippen molar-refractivity contribution in [3.63, 3.8) is 0 Å². The highest BCUT2D eigenvalue weighted by Crippen LogP contribution is 2.33. The lowest BCUT2D eigenvalue weighted by Crippen LogP contribution is -2.44. The summed E-state index contributed by atoms with van der Waals surface area (Å²) >= 11 is 0. The summed E-state index contributed by atoms with van der Waals surface area (Å²) in [6, 6.07) is 0. The van der Waals surface area contributed by atoms with Crippen molar-refractivity contribution in [3.8, 4) is 0 Å². The number of carbonyl (C=O) groups excluding carboxylic acids is 1. The first-order valence-corrected chi connectivity index (χ1v) is 9.25. The number of carbonyl (C=O) groups is 1. The van der Waals surface area contributed by atoms with E-state index < -0.39 is 10.0 Å². The van der Waals surface area contributed by atoms with Crippen LogP contribution in [-0.2, 0) is 19.6 Å². The number of hydrogen-bond acceptors (Lipinski definition) is 6. The molecule has 0 unspecified atom stereocenters. The van der Waals surface area contributed by atoms with Crippen molar-refractivity contribution in [2.45, 2.75) is 44.9 Å². The van der Waals surface area contributed by atoms with Crippen molar-refractivity contribution in [2.24, 2.45) is 11.8 Å². The first-order valence-electron chi connectivity index (χ1n) is 7.81. The Hall–Kier alpha value is -1.41. The fourth-order valence-electron chi connectivity index (χ4n) is 3.27. The van der Waals surface area contributed by atoms with Gasteiger partial charge in [0.05, 0.1) is 7.11 Å². The fourth-order valence-corrected chi connectivity index (χ4v) is 5.07. The van der Waals surface area contributed by atoms with Crippen molar-refractivity contribution < 1.29 is 22.5 Å². The molecule has 0 saturated carbocycles. The van der Waals surface area contributed by atoms with E-state index in [1.54, 1.807) is 13.8 Å². The largest absolute Gasteiger partial charge is 0.469 e. The number of methoxy groups -OCH3 is 1. The Bertz CT molecular complexity index is 648. The topological polar surface area (TPSA) is 89.7 Å². The van der Waals surface area contributed by atoms with E-state index in [0.29, 0.717) is 37.4 Å². The van der Waals surface area contributed by atoms with Gasteiger partial charge in [0.2, 0.25) is 10.0 Å². The number of ether oxygens (including phenoxy) is 1. The summed E-state index contributed by atoms with van der Waals surface area (Å²) in [5.74, 6) is 0.365. The summed E-state index contributed by atoms with van der Waals surface area (Å²) in [4.78, 5) is 11.7. The van der Waals surface area contributed by atoms with Gasteiger partial charge >= 0.3 is 5.97 Å². The molecule has 2 rings (SSSR count). The lowest BCUT2D eigenvalue weighted by molar-refractivity contribution is -0.142. The first-order chi connectivity index (χ1) is 10.8. The molecule has 2 heterocycles. The monoisotopic (exact) mass is 344 g/mol. The molecule has 0 aliphatic carbocycles. The zero-order valence-electron chi connectivity index (χ0n) is 14.0. The standard InChI is InChI=1S/C15H24N2O5S/c1-5-12-9-17(7-6-13(12)8-14(18)21-4)23(19,20)15-10(2)16-22-11(15)3/h12-13H,5-9H2,1-4H3/t12-,13-/m0/s1. The van der Waals surface area contributed by atoms with E-state index in [9.17, 15) is 13.2 Å². The summed E-state index contributed by atoms with van der Waals surface area (Å²) in [5, 5.41) is 3.74. The smallest absolute Gasteiger partial charge is 0.305 e. The van der Waals surface area contributed by atoms with Crippen molar-refractivity contribution in [1.29, 1.82) is 0 Å². The molecular weight excluding hydrogens is 320 g/mol. The SMILES string of the molecule is CC[C@H]1CN(S(=O)(=O)c2c(C)noc2C)CC[C@H]1CC(=O)OC. The second-order valence-corrected chi connectivity index (χ2v) is 7.89. The average Bonchev–Trinajstić information content (AvgIpc) is 2.86. The number of nitrogens with zero attached hydrogens (tertiary/aromatic N) is 2. The summed E-state index contributed by atoms with van der Waals surface area (Å²) in [7, 11) is -2.24. The number of hydrogen-bond donors (Lipinski definition) is 0. The number of piperidine rings is 1. The molecule has 0 spiro atoms. The molecule has 23 heavy (non-hydrogen) atoms. The highest BCUT2D eigenvalue weighted by molar-refractivity contribution is 7.89. The Morgan fingerprint density at radius 3 is 2.61 bits per heavy atom. The van der Waals surface area contributed by atoms with E-state index in [2.05, 4.69) is 5.16 Å². The van der Waals surface area contributed by atoms with Crippen LogP contribution in [0.1, 0.15) is 37.6 Å². The third kappa shape index (κ3) is 3.58. The van der Waals surface area contributed by atoms with Crippen LogP contribution in [0, 0.1) is 25.7 Å². The second kappa shape index (κ2) is 7.00. The van der Waals surface area contributed by atoms with Gasteiger partial charge in [-0.1, -0.05) is 18.5 Å². The average molecular weight is 344 g/mol. The van der Waals surface area contributed by atoms with Gasteiger partial charge in [-0.15, -0.1) is 0 Å². The van der Waals surface area contributed by atoms with E-state index in [1.807, 2.05) is 6.92 Å². The quantitative estimate of drug-likeness (QED) is 0.758. The molecule has 8 heteroatoms. The number of aromatic nitrogens is 1. The molecule has 0 bridgehead atoms. The summed E-state index contributed by atoms with van der Waals surface area (Å²) in [5.41, 5.74) is 0.382. The Morgan fingerprint density at radius 1 is 1.39 bits per heavy atom. The van der Waals surface area contributed by atoms with Crippen LogP contribution in [0.2, 0.25) is 0 Å². The van der Waals surface area contributed by atoms with Crippen molar-refractivity contribution in [2.75, 3.05) is 20.2 Å². The van der Waals surface area contributed by atoms with E-state index in [-0.39, 0.29) is 22.7 Å². The van der Waals surface area contributed by atoms with Crippen LogP contribution < -0.4 is 0 Å². The summed E-state index contributed by atoms with van der Waals surface area (Å²) < 4.78 is 37.0. The number of rotatable bonds is 5. The lowest BCUT2D eigenvalue weighted by Gasteiger charge is -2.37. The van der Waals surface area contributed by atoms with Crippen molar-refractivity contribution in [3.05, 3.63) is 11.5 Å². The van der Waals surface area contributed by atoms with Crippen molar-refractivity contribution >= 4 is 16.0 Å². The number of esters is 1. The van der Waals surface area contributed by atoms with Crippen LogP contribution in [0.25, 0.3) is 0 Å². The predicted octanol–water partition coefficient (Wildman–Crippen LogP) is 1.89. The lowest BCUT2D eigenvalue weighted by atomic mass is 9.82. The zero-order valence-corrected chi connectivity index (χ0v) is 14.9. The normalized spacial score (nSPS) is 23.0. The van der Waals surface area contributed by atoms with Gasteiger partial charge in [-0.25, -0.2) is 8.42 Å². The van der Waals surface area contributed by atoms with Gasteiger partial charge in [0, 0.05) is 19.5 Å². The molecule has 1 saturated heterocycles. The highest BCUT2D eigenvalue weighted by atomic mass is 32.2. The second-order valence-electron chi connectivity index (χ2n) is 6.01. The highest BCUT2D eigenvalue weighted by Gasteiger charge is 2.38. The number of sulfonamides is 1. The van der Waals surface area contributed by atoms with Crippen LogP contribution in [0.15, 0.2) is 9.42 Å². The Morgan fingerprint density at radius 2 is 2.09 bits per heavy atom. The maximum absolute atomic E-state index is 12.9. The van der Waals surface area contributed by atoms with E-state index in [1.165, 1.54) is 11.4 Å². The minimum atomic E-state index is -3.62. The van der Waals surface area contributed by atoms with Gasteiger partial charge in [-0.05, 0) is 32.1 Å². The fraction of sp³-hybridized carbons (Fsp3) is 0.733. The van der Waals surface area contributed by atoms with Gasteiger partial charge in [-0.2, -0.15) is 4.31 Å². The zero-order chi connectivity index (χ0) is 17.2. The van der Waals surface area contributed by atoms with Crippen LogP contribution in [-0.4, -0.2) is 44.0 Å². The third-order valence-corrected chi connectivity index (χ3v) is 6.71. The van der Waals surface area contributed by atoms with Crippen LogP contribution >= 0.6 is 0 Å². The van der Waals surface area contributed by atoms with Gasteiger partial charge in [0.1, 0.15) is 10.6 Å². The van der Waals surface area contributed by atoms with Crippen LogP contribution in [0.5, 0.6) is 0 Å². The third-order valence-electron chi connectivity index (χ3n) is 4.60. The molecule has 7 nitrogen and oxygen atoms in total. The van der Waals surface area contributed by atoms with Crippen molar-refractivity contribution in [1.82, 2.24) is 9.46 Å². The Balaban J connectivity index is 2.19. The molecule has 0 amide bonds. The molecular formula is C15H24N2O5S.